The molecule has 0 amide bonds. The lowest BCUT2D eigenvalue weighted by Gasteiger charge is -2.73. The maximum atomic E-state index is 13.2. The Hall–Kier alpha value is -1.84. The number of ether oxygens (including phenoxy) is 1. The van der Waals surface area contributed by atoms with Crippen LogP contribution in [0.5, 0.6) is 0 Å². The molecule has 0 aromatic carbocycles. The van der Waals surface area contributed by atoms with Crippen LogP contribution in [0.1, 0.15) is 179 Å². The van der Waals surface area contributed by atoms with E-state index in [2.05, 4.69) is 71.6 Å². The SMILES string of the molecule is C#C.C=C(C)[C@@H]1CC[C@]2(CCNCC3CCCN3)CC[C@]3(C)[C@H](CCC4[C@@]5(C)CCC(OC(=O)CC(C)(C)CC(=O)O)C(C)(C)C5CC[C@]43C)C12.CC.CC. The molecular formula is C49H86N2O4. The van der Waals surface area contributed by atoms with E-state index in [9.17, 15) is 14.7 Å². The van der Waals surface area contributed by atoms with Crippen molar-refractivity contribution in [3.63, 3.8) is 0 Å². The molecule has 3 N–H and O–H groups in total. The number of aliphatic carboxylic acids is 1. The van der Waals surface area contributed by atoms with Crippen LogP contribution >= 0.6 is 0 Å². The van der Waals surface area contributed by atoms with Crippen LogP contribution < -0.4 is 10.6 Å². The van der Waals surface area contributed by atoms with Gasteiger partial charge in [0.15, 0.2) is 0 Å². The van der Waals surface area contributed by atoms with Gasteiger partial charge in [0.1, 0.15) is 6.10 Å². The molecule has 0 aromatic rings. The standard InChI is InChI=1S/C43H72N2O4.2C2H6.C2H2/c1-28(2)30-14-19-43(22-24-44-27-29-11-10-23-45-29)21-20-41(8)31(37(30)43)12-13-33-40(7)17-16-34(39(5,6)32(40)15-18-42(33,41)9)49-36(48)26-38(3,4)25-35(46)47;3*1-2/h29-34,37,44-45H,1,10-27H2,2-9H3,(H,46,47);2*1-2H3;1-2H/t29?,30-,31+,32?,33?,34?,37?,40-,41+,42+,43+;;;/m0.../s1. The van der Waals surface area contributed by atoms with Crippen molar-refractivity contribution in [1.29, 1.82) is 0 Å². The summed E-state index contributed by atoms with van der Waals surface area (Å²) >= 11 is 0. The molecule has 0 bridgehead atoms. The summed E-state index contributed by atoms with van der Waals surface area (Å²) in [6, 6.07) is 0.657. The Morgan fingerprint density at radius 2 is 1.53 bits per heavy atom. The Morgan fingerprint density at radius 3 is 2.13 bits per heavy atom. The third-order valence-corrected chi connectivity index (χ3v) is 17.1. The maximum Gasteiger partial charge on any atom is 0.306 e. The number of nitrogens with one attached hydrogen (secondary N) is 2. The summed E-state index contributed by atoms with van der Waals surface area (Å²) in [5.41, 5.74) is 2.04. The molecule has 11 atom stereocenters. The molecule has 1 heterocycles. The summed E-state index contributed by atoms with van der Waals surface area (Å²) in [4.78, 5) is 24.6. The first-order chi connectivity index (χ1) is 25.9. The number of rotatable bonds is 11. The van der Waals surface area contributed by atoms with Gasteiger partial charge in [-0.3, -0.25) is 9.59 Å². The molecule has 316 valence electrons. The highest BCUT2D eigenvalue weighted by Gasteiger charge is 2.71. The minimum atomic E-state index is -0.865. The van der Waals surface area contributed by atoms with Crippen molar-refractivity contribution in [2.24, 2.45) is 62.1 Å². The Balaban J connectivity index is 0.00000129. The summed E-state index contributed by atoms with van der Waals surface area (Å²) < 4.78 is 6.30. The molecule has 1 aliphatic heterocycles. The third-order valence-electron chi connectivity index (χ3n) is 17.1. The second kappa shape index (κ2) is 18.8. The van der Waals surface area contributed by atoms with E-state index >= 15 is 0 Å². The fraction of sp³-hybridized carbons (Fsp3) is 0.878. The van der Waals surface area contributed by atoms with Gasteiger partial charge in [-0.1, -0.05) is 88.3 Å². The normalized spacial score (nSPS) is 39.7. The monoisotopic (exact) mass is 767 g/mol. The molecule has 6 heteroatoms. The van der Waals surface area contributed by atoms with Crippen LogP contribution in [0.2, 0.25) is 0 Å². The molecule has 1 saturated heterocycles. The lowest BCUT2D eigenvalue weighted by molar-refractivity contribution is -0.250. The second-order valence-electron chi connectivity index (χ2n) is 20.5. The highest BCUT2D eigenvalue weighted by Crippen LogP contribution is 2.78. The van der Waals surface area contributed by atoms with E-state index in [0.29, 0.717) is 40.0 Å². The zero-order valence-corrected chi connectivity index (χ0v) is 37.8. The fourth-order valence-electron chi connectivity index (χ4n) is 14.5. The number of hydrogen-bond donors (Lipinski definition) is 3. The zero-order chi connectivity index (χ0) is 41.6. The van der Waals surface area contributed by atoms with Gasteiger partial charge < -0.3 is 20.5 Å². The summed E-state index contributed by atoms with van der Waals surface area (Å²) in [6.45, 7) is 34.9. The van der Waals surface area contributed by atoms with Gasteiger partial charge in [-0.2, -0.15) is 0 Å². The van der Waals surface area contributed by atoms with Crippen molar-refractivity contribution in [1.82, 2.24) is 10.6 Å². The number of carboxylic acids is 1. The van der Waals surface area contributed by atoms with E-state index in [1.165, 1.54) is 82.7 Å². The minimum absolute atomic E-state index is 0.0268. The van der Waals surface area contributed by atoms with Gasteiger partial charge in [-0.05, 0) is 160 Å². The topological polar surface area (TPSA) is 87.7 Å². The third kappa shape index (κ3) is 9.09. The summed E-state index contributed by atoms with van der Waals surface area (Å²) in [5.74, 6) is 2.28. The van der Waals surface area contributed by atoms with Crippen molar-refractivity contribution >= 4 is 11.9 Å². The number of carbonyl (C=O) groups is 2. The highest BCUT2D eigenvalue weighted by atomic mass is 16.5. The molecule has 0 spiro atoms. The van der Waals surface area contributed by atoms with E-state index in [4.69, 9.17) is 4.74 Å². The average molecular weight is 767 g/mol. The number of carboxylic acid groups (broad SMARTS) is 1. The molecule has 6 nitrogen and oxygen atoms in total. The first-order valence-electron chi connectivity index (χ1n) is 22.7. The van der Waals surface area contributed by atoms with E-state index in [-0.39, 0.29) is 35.7 Å². The Morgan fingerprint density at radius 1 is 0.855 bits per heavy atom. The Kier molecular flexibility index (Phi) is 16.3. The Bertz CT molecular complexity index is 1310. The molecular weight excluding hydrogens is 681 g/mol. The second-order valence-corrected chi connectivity index (χ2v) is 20.5. The molecule has 5 saturated carbocycles. The average Bonchev–Trinajstić information content (AvgIpc) is 3.79. The fourth-order valence-corrected chi connectivity index (χ4v) is 14.5. The van der Waals surface area contributed by atoms with Gasteiger partial charge in [0.25, 0.3) is 0 Å². The van der Waals surface area contributed by atoms with E-state index in [1.54, 1.807) is 0 Å². The van der Waals surface area contributed by atoms with Crippen LogP contribution in [0.3, 0.4) is 0 Å². The lowest BCUT2D eigenvalue weighted by atomic mass is 9.32. The summed E-state index contributed by atoms with van der Waals surface area (Å²) in [6.07, 6.45) is 24.6. The quantitative estimate of drug-likeness (QED) is 0.0840. The predicted molar refractivity (Wildman–Crippen MR) is 231 cm³/mol. The largest absolute Gasteiger partial charge is 0.481 e. The van der Waals surface area contributed by atoms with Crippen LogP contribution in [-0.2, 0) is 14.3 Å². The number of terminal acetylenes is 1. The Labute approximate surface area is 339 Å². The van der Waals surface area contributed by atoms with E-state index in [0.717, 1.165) is 37.8 Å². The number of esters is 1. The van der Waals surface area contributed by atoms with Crippen LogP contribution in [0.15, 0.2) is 12.2 Å². The van der Waals surface area contributed by atoms with Gasteiger partial charge >= 0.3 is 11.9 Å². The van der Waals surface area contributed by atoms with Gasteiger partial charge in [-0.15, -0.1) is 12.8 Å². The van der Waals surface area contributed by atoms with Crippen LogP contribution in [0.25, 0.3) is 0 Å². The van der Waals surface area contributed by atoms with Crippen molar-refractivity contribution in [3.8, 4) is 12.8 Å². The van der Waals surface area contributed by atoms with Crippen LogP contribution in [-0.4, -0.2) is 48.8 Å². The first-order valence-corrected chi connectivity index (χ1v) is 22.7. The summed E-state index contributed by atoms with van der Waals surface area (Å²) in [5, 5.41) is 16.9. The molecule has 5 unspecified atom stereocenters. The maximum absolute atomic E-state index is 13.2. The van der Waals surface area contributed by atoms with Crippen LogP contribution in [0.4, 0.5) is 0 Å². The lowest BCUT2D eigenvalue weighted by Crippen LogP contribution is -2.66. The smallest absolute Gasteiger partial charge is 0.306 e. The van der Waals surface area contributed by atoms with Gasteiger partial charge in [0, 0.05) is 18.0 Å². The molecule has 0 aromatic heterocycles. The molecule has 6 aliphatic rings. The minimum Gasteiger partial charge on any atom is -0.481 e. The highest BCUT2D eigenvalue weighted by molar-refractivity contribution is 5.73. The van der Waals surface area contributed by atoms with E-state index in [1.807, 2.05) is 41.5 Å². The van der Waals surface area contributed by atoms with Gasteiger partial charge in [0.05, 0.1) is 12.8 Å². The molecule has 6 rings (SSSR count). The predicted octanol–water partition coefficient (Wildman–Crippen LogP) is 11.5. The molecule has 55 heavy (non-hydrogen) atoms. The van der Waals surface area contributed by atoms with Gasteiger partial charge in [-0.25, -0.2) is 0 Å². The van der Waals surface area contributed by atoms with Crippen molar-refractivity contribution in [2.45, 2.75) is 192 Å². The van der Waals surface area contributed by atoms with Crippen molar-refractivity contribution < 1.29 is 19.4 Å². The van der Waals surface area contributed by atoms with Crippen LogP contribution in [0, 0.1) is 74.9 Å². The molecule has 6 fully saturated rings. The number of fused-ring (bicyclic) bond motifs is 7. The molecule has 0 radical (unpaired) electrons. The number of allylic oxidation sites excluding steroid dienone is 1. The number of hydrogen-bond acceptors (Lipinski definition) is 5. The first kappa shape index (κ1) is 47.5. The van der Waals surface area contributed by atoms with E-state index < -0.39 is 11.4 Å². The zero-order valence-electron chi connectivity index (χ0n) is 37.8. The number of carbonyl (C=O) groups excluding carboxylic acids is 1. The van der Waals surface area contributed by atoms with Crippen molar-refractivity contribution in [2.75, 3.05) is 19.6 Å². The van der Waals surface area contributed by atoms with Gasteiger partial charge in [0.2, 0.25) is 0 Å². The molecule has 5 aliphatic carbocycles. The van der Waals surface area contributed by atoms with Crippen molar-refractivity contribution in [3.05, 3.63) is 12.2 Å². The summed E-state index contributed by atoms with van der Waals surface area (Å²) in [7, 11) is 0.